The van der Waals surface area contributed by atoms with E-state index in [-0.39, 0.29) is 11.7 Å². The molecule has 1 aromatic carbocycles. The molecule has 22 heavy (non-hydrogen) atoms. The maximum Gasteiger partial charge on any atom is 0.410 e. The topological polar surface area (TPSA) is 45.7 Å². The number of carbonyl (C=O) groups excluding carboxylic acids is 1. The van der Waals surface area contributed by atoms with E-state index in [1.54, 1.807) is 11.9 Å². The molecule has 2 saturated heterocycles. The van der Waals surface area contributed by atoms with Crippen LogP contribution >= 0.6 is 0 Å². The zero-order valence-electron chi connectivity index (χ0n) is 12.7. The van der Waals surface area contributed by atoms with Crippen LogP contribution in [0.5, 0.6) is 0 Å². The summed E-state index contributed by atoms with van der Waals surface area (Å²) in [6.07, 6.45) is 3.60. The Balaban J connectivity index is 1.69. The summed E-state index contributed by atoms with van der Waals surface area (Å²) in [5.74, 6) is 0. The molecule has 1 amide bonds. The quantitative estimate of drug-likeness (QED) is 0.812. The summed E-state index contributed by atoms with van der Waals surface area (Å²) in [6.45, 7) is 2.40. The monoisotopic (exact) mass is 297 g/mol. The van der Waals surface area contributed by atoms with Crippen molar-refractivity contribution in [1.82, 2.24) is 9.88 Å². The Hall–Kier alpha value is -2.30. The number of likely N-dealkylation sites (N-methyl/N-ethyl adjacent to an activating group) is 1. The van der Waals surface area contributed by atoms with E-state index in [9.17, 15) is 4.79 Å². The third kappa shape index (κ3) is 2.08. The van der Waals surface area contributed by atoms with E-state index in [0.717, 1.165) is 36.8 Å². The van der Waals surface area contributed by atoms with Crippen LogP contribution in [-0.4, -0.2) is 48.3 Å². The maximum atomic E-state index is 11.8. The van der Waals surface area contributed by atoms with Gasteiger partial charge < -0.3 is 14.5 Å². The van der Waals surface area contributed by atoms with Crippen molar-refractivity contribution < 1.29 is 9.53 Å². The number of ether oxygens (including phenoxy) is 1. The number of piperidine rings is 1. The highest BCUT2D eigenvalue weighted by Gasteiger charge is 2.46. The van der Waals surface area contributed by atoms with E-state index < -0.39 is 0 Å². The molecule has 3 heterocycles. The number of anilines is 1. The molecule has 2 aliphatic heterocycles. The zero-order chi connectivity index (χ0) is 15.2. The van der Waals surface area contributed by atoms with E-state index in [1.807, 2.05) is 24.4 Å². The Kier molecular flexibility index (Phi) is 2.96. The lowest BCUT2D eigenvalue weighted by Gasteiger charge is -2.40. The van der Waals surface area contributed by atoms with E-state index in [2.05, 4.69) is 22.0 Å². The Bertz CT molecular complexity index is 727. The Morgan fingerprint density at radius 2 is 2.09 bits per heavy atom. The van der Waals surface area contributed by atoms with Gasteiger partial charge >= 0.3 is 6.09 Å². The number of fused-ring (bicyclic) bond motifs is 1. The van der Waals surface area contributed by atoms with Gasteiger partial charge in [0, 0.05) is 30.9 Å². The molecule has 0 radical (unpaired) electrons. The number of hydrogen-bond acceptors (Lipinski definition) is 4. The number of rotatable bonds is 1. The molecule has 0 unspecified atom stereocenters. The third-order valence-corrected chi connectivity index (χ3v) is 4.65. The number of pyridine rings is 1. The van der Waals surface area contributed by atoms with Gasteiger partial charge in [0.2, 0.25) is 0 Å². The molecule has 1 aromatic heterocycles. The molecule has 4 rings (SSSR count). The summed E-state index contributed by atoms with van der Waals surface area (Å²) in [5.41, 5.74) is 1.81. The largest absolute Gasteiger partial charge is 0.439 e. The van der Waals surface area contributed by atoms with Gasteiger partial charge in [-0.3, -0.25) is 4.98 Å². The fraction of sp³-hybridized carbons (Fsp3) is 0.412. The Morgan fingerprint density at radius 3 is 2.91 bits per heavy atom. The van der Waals surface area contributed by atoms with Crippen LogP contribution in [0.15, 0.2) is 36.5 Å². The molecule has 0 saturated carbocycles. The number of aromatic nitrogens is 1. The minimum atomic E-state index is -0.367. The second-order valence-electron chi connectivity index (χ2n) is 6.28. The van der Waals surface area contributed by atoms with Gasteiger partial charge in [0.15, 0.2) is 0 Å². The van der Waals surface area contributed by atoms with Gasteiger partial charge in [-0.1, -0.05) is 18.2 Å². The first-order chi connectivity index (χ1) is 10.7. The molecule has 1 spiro atoms. The summed E-state index contributed by atoms with van der Waals surface area (Å²) in [7, 11) is 1.80. The summed E-state index contributed by atoms with van der Waals surface area (Å²) >= 11 is 0. The number of benzene rings is 1. The standard InChI is InChI=1S/C17H19N3O2/c1-19-11-17(22-16(19)21)8-4-10-20(12-17)15-7-9-18-14-6-3-2-5-13(14)15/h2-3,5-7,9H,4,8,10-12H2,1H3/t17-/m0/s1. The van der Waals surface area contributed by atoms with Crippen molar-refractivity contribution in [1.29, 1.82) is 0 Å². The van der Waals surface area contributed by atoms with Crippen LogP contribution in [0.1, 0.15) is 12.8 Å². The first kappa shape index (κ1) is 13.4. The molecule has 1 atom stereocenters. The van der Waals surface area contributed by atoms with Crippen molar-refractivity contribution in [3.05, 3.63) is 36.5 Å². The van der Waals surface area contributed by atoms with Gasteiger partial charge in [-0.25, -0.2) is 4.79 Å². The van der Waals surface area contributed by atoms with Crippen molar-refractivity contribution in [3.63, 3.8) is 0 Å². The molecule has 5 nitrogen and oxygen atoms in total. The normalized spacial score (nSPS) is 25.0. The average molecular weight is 297 g/mol. The second kappa shape index (κ2) is 4.87. The molecule has 2 aromatic rings. The lowest BCUT2D eigenvalue weighted by atomic mass is 9.92. The molecular weight excluding hydrogens is 278 g/mol. The second-order valence-corrected chi connectivity index (χ2v) is 6.28. The van der Waals surface area contributed by atoms with Gasteiger partial charge in [-0.15, -0.1) is 0 Å². The number of amides is 1. The average Bonchev–Trinajstić information content (AvgIpc) is 2.80. The van der Waals surface area contributed by atoms with Crippen molar-refractivity contribution in [2.24, 2.45) is 0 Å². The molecule has 5 heteroatoms. The van der Waals surface area contributed by atoms with E-state index in [1.165, 1.54) is 5.69 Å². The lowest BCUT2D eigenvalue weighted by molar-refractivity contribution is 0.0448. The summed E-state index contributed by atoms with van der Waals surface area (Å²) in [5, 5.41) is 1.15. The summed E-state index contributed by atoms with van der Waals surface area (Å²) in [6, 6.07) is 10.2. The minimum absolute atomic E-state index is 0.207. The van der Waals surface area contributed by atoms with Crippen molar-refractivity contribution >= 4 is 22.7 Å². The van der Waals surface area contributed by atoms with Crippen LogP contribution in [0.2, 0.25) is 0 Å². The Labute approximate surface area is 129 Å². The van der Waals surface area contributed by atoms with E-state index >= 15 is 0 Å². The van der Waals surface area contributed by atoms with Crippen LogP contribution in [0.25, 0.3) is 10.9 Å². The van der Waals surface area contributed by atoms with Crippen LogP contribution in [0, 0.1) is 0 Å². The number of nitrogens with zero attached hydrogens (tertiary/aromatic N) is 3. The fourth-order valence-corrected chi connectivity index (χ4v) is 3.66. The molecule has 2 aliphatic rings. The van der Waals surface area contributed by atoms with Crippen molar-refractivity contribution in [2.75, 3.05) is 31.6 Å². The van der Waals surface area contributed by atoms with Gasteiger partial charge in [-0.05, 0) is 25.0 Å². The highest BCUT2D eigenvalue weighted by Crippen LogP contribution is 2.35. The smallest absolute Gasteiger partial charge is 0.410 e. The van der Waals surface area contributed by atoms with Gasteiger partial charge in [-0.2, -0.15) is 0 Å². The Morgan fingerprint density at radius 1 is 1.23 bits per heavy atom. The lowest BCUT2D eigenvalue weighted by Crippen LogP contribution is -2.50. The summed E-state index contributed by atoms with van der Waals surface area (Å²) < 4.78 is 5.70. The number of para-hydroxylation sites is 1. The van der Waals surface area contributed by atoms with E-state index in [4.69, 9.17) is 4.74 Å². The fourth-order valence-electron chi connectivity index (χ4n) is 3.66. The molecular formula is C17H19N3O2. The van der Waals surface area contributed by atoms with Crippen LogP contribution in [0.4, 0.5) is 10.5 Å². The van der Waals surface area contributed by atoms with Gasteiger partial charge in [0.1, 0.15) is 5.60 Å². The van der Waals surface area contributed by atoms with Crippen molar-refractivity contribution in [3.8, 4) is 0 Å². The minimum Gasteiger partial charge on any atom is -0.439 e. The highest BCUT2D eigenvalue weighted by molar-refractivity contribution is 5.91. The molecule has 0 aliphatic carbocycles. The number of carbonyl (C=O) groups is 1. The number of hydrogen-bond donors (Lipinski definition) is 0. The zero-order valence-corrected chi connectivity index (χ0v) is 12.7. The van der Waals surface area contributed by atoms with Crippen LogP contribution in [0.3, 0.4) is 0 Å². The van der Waals surface area contributed by atoms with Crippen LogP contribution in [-0.2, 0) is 4.74 Å². The molecule has 2 fully saturated rings. The summed E-state index contributed by atoms with van der Waals surface area (Å²) in [4.78, 5) is 20.2. The maximum absolute atomic E-state index is 11.8. The van der Waals surface area contributed by atoms with Gasteiger partial charge in [0.25, 0.3) is 0 Å². The predicted octanol–water partition coefficient (Wildman–Crippen LogP) is 2.66. The molecule has 0 bridgehead atoms. The van der Waals surface area contributed by atoms with Crippen molar-refractivity contribution in [2.45, 2.75) is 18.4 Å². The third-order valence-electron chi connectivity index (χ3n) is 4.65. The van der Waals surface area contributed by atoms with Crippen LogP contribution < -0.4 is 4.90 Å². The predicted molar refractivity (Wildman–Crippen MR) is 85.0 cm³/mol. The first-order valence-corrected chi connectivity index (χ1v) is 7.70. The highest BCUT2D eigenvalue weighted by atomic mass is 16.6. The first-order valence-electron chi connectivity index (χ1n) is 7.70. The van der Waals surface area contributed by atoms with E-state index in [0.29, 0.717) is 6.54 Å². The molecule has 0 N–H and O–H groups in total. The SMILES string of the molecule is CN1C[C@]2(CCCN(c3ccnc4ccccc34)C2)OC1=O. The molecule has 114 valence electrons. The van der Waals surface area contributed by atoms with Gasteiger partial charge in [0.05, 0.1) is 18.6 Å².